The molecule has 1 aliphatic carbocycles. The van der Waals surface area contributed by atoms with Gasteiger partial charge in [-0.05, 0) is 60.2 Å². The third-order valence-corrected chi connectivity index (χ3v) is 5.97. The number of benzene rings is 2. The number of fused-ring (bicyclic) bond motifs is 3. The number of aryl methyl sites for hydroxylation is 3. The monoisotopic (exact) mass is 376 g/mol. The van der Waals surface area contributed by atoms with Crippen molar-refractivity contribution >= 4 is 34.5 Å². The van der Waals surface area contributed by atoms with Crippen LogP contribution in [0.5, 0.6) is 0 Å². The molecule has 136 valence electrons. The zero-order valence-corrected chi connectivity index (χ0v) is 16.1. The summed E-state index contributed by atoms with van der Waals surface area (Å²) in [5.41, 5.74) is 6.15. The first-order chi connectivity index (χ1) is 13.0. The van der Waals surface area contributed by atoms with E-state index in [4.69, 9.17) is 0 Å². The van der Waals surface area contributed by atoms with E-state index in [2.05, 4.69) is 28.8 Å². The van der Waals surface area contributed by atoms with Gasteiger partial charge in [0, 0.05) is 23.2 Å². The molecule has 0 fully saturated rings. The summed E-state index contributed by atoms with van der Waals surface area (Å²) in [7, 11) is 0. The molecule has 0 saturated heterocycles. The fourth-order valence-electron chi connectivity index (χ4n) is 3.41. The summed E-state index contributed by atoms with van der Waals surface area (Å²) in [6.07, 6.45) is 1.98. The molecule has 0 bridgehead atoms. The summed E-state index contributed by atoms with van der Waals surface area (Å²) < 4.78 is 0. The summed E-state index contributed by atoms with van der Waals surface area (Å²) in [5, 5.41) is 5.74. The number of hydrogen-bond acceptors (Lipinski definition) is 3. The number of hydrogen-bond donors (Lipinski definition) is 2. The van der Waals surface area contributed by atoms with Crippen LogP contribution in [0.1, 0.15) is 33.3 Å². The minimum Gasteiger partial charge on any atom is -0.326 e. The summed E-state index contributed by atoms with van der Waals surface area (Å²) in [6.45, 7) is 3.40. The van der Waals surface area contributed by atoms with Crippen LogP contribution in [0.2, 0.25) is 0 Å². The van der Waals surface area contributed by atoms with Crippen LogP contribution in [0, 0.1) is 6.92 Å². The lowest BCUT2D eigenvalue weighted by Gasteiger charge is -2.15. The number of anilines is 2. The van der Waals surface area contributed by atoms with Crippen molar-refractivity contribution in [2.75, 3.05) is 10.6 Å². The van der Waals surface area contributed by atoms with Crippen LogP contribution in [0.15, 0.2) is 48.5 Å². The van der Waals surface area contributed by atoms with Crippen molar-refractivity contribution in [3.05, 3.63) is 70.1 Å². The van der Waals surface area contributed by atoms with E-state index >= 15 is 0 Å². The van der Waals surface area contributed by atoms with E-state index < -0.39 is 0 Å². The molecular formula is C22H20N2O2S. The Hall–Kier alpha value is -2.92. The minimum absolute atomic E-state index is 0.116. The van der Waals surface area contributed by atoms with Gasteiger partial charge in [0.1, 0.15) is 0 Å². The standard InChI is InChI=1S/C22H20N2O2S/c1-13-7-10-17(23-14(2)25)12-19(13)24-22(26)20-11-16-9-8-15-5-3-4-6-18(15)21(16)27-20/h3-7,10-12H,8-9H2,1-2H3,(H,23,25)(H,24,26). The summed E-state index contributed by atoms with van der Waals surface area (Å²) >= 11 is 1.54. The number of nitrogens with one attached hydrogen (secondary N) is 2. The van der Waals surface area contributed by atoms with Crippen LogP contribution >= 0.6 is 11.3 Å². The van der Waals surface area contributed by atoms with E-state index in [1.165, 1.54) is 28.5 Å². The number of amides is 2. The molecular weight excluding hydrogens is 356 g/mol. The minimum atomic E-state index is -0.138. The van der Waals surface area contributed by atoms with Crippen LogP contribution in [-0.4, -0.2) is 11.8 Å². The maximum atomic E-state index is 12.8. The average Bonchev–Trinajstić information content (AvgIpc) is 3.09. The Morgan fingerprint density at radius 1 is 0.963 bits per heavy atom. The maximum absolute atomic E-state index is 12.8. The van der Waals surface area contributed by atoms with Crippen molar-refractivity contribution in [3.8, 4) is 10.4 Å². The Labute approximate surface area is 162 Å². The molecule has 0 atom stereocenters. The topological polar surface area (TPSA) is 58.2 Å². The van der Waals surface area contributed by atoms with Gasteiger partial charge in [0.15, 0.2) is 0 Å². The first-order valence-electron chi connectivity index (χ1n) is 8.92. The SMILES string of the molecule is CC(=O)Nc1ccc(C)c(NC(=O)c2cc3c(s2)-c2ccccc2CC3)c1. The zero-order valence-electron chi connectivity index (χ0n) is 15.3. The highest BCUT2D eigenvalue weighted by Gasteiger charge is 2.21. The molecule has 5 heteroatoms. The lowest BCUT2D eigenvalue weighted by atomic mass is 9.91. The van der Waals surface area contributed by atoms with Gasteiger partial charge in [-0.15, -0.1) is 11.3 Å². The highest BCUT2D eigenvalue weighted by Crippen LogP contribution is 2.39. The molecule has 27 heavy (non-hydrogen) atoms. The second kappa shape index (κ2) is 7.00. The third-order valence-electron chi connectivity index (χ3n) is 4.76. The lowest BCUT2D eigenvalue weighted by molar-refractivity contribution is -0.114. The van der Waals surface area contributed by atoms with Crippen molar-refractivity contribution in [2.45, 2.75) is 26.7 Å². The van der Waals surface area contributed by atoms with Crippen LogP contribution in [0.3, 0.4) is 0 Å². The van der Waals surface area contributed by atoms with Crippen molar-refractivity contribution in [3.63, 3.8) is 0 Å². The molecule has 1 aromatic heterocycles. The molecule has 4 rings (SSSR count). The molecule has 0 unspecified atom stereocenters. The zero-order chi connectivity index (χ0) is 19.0. The number of rotatable bonds is 3. The number of thiophene rings is 1. The quantitative estimate of drug-likeness (QED) is 0.673. The van der Waals surface area contributed by atoms with Gasteiger partial charge in [-0.1, -0.05) is 30.3 Å². The van der Waals surface area contributed by atoms with Crippen molar-refractivity contribution < 1.29 is 9.59 Å². The molecule has 0 saturated carbocycles. The van der Waals surface area contributed by atoms with Crippen molar-refractivity contribution in [2.24, 2.45) is 0 Å². The summed E-state index contributed by atoms with van der Waals surface area (Å²) in [6, 6.07) is 15.9. The van der Waals surface area contributed by atoms with Gasteiger partial charge >= 0.3 is 0 Å². The average molecular weight is 376 g/mol. The van der Waals surface area contributed by atoms with Crippen molar-refractivity contribution in [1.82, 2.24) is 0 Å². The predicted octanol–water partition coefficient (Wildman–Crippen LogP) is 5.03. The van der Waals surface area contributed by atoms with Crippen LogP contribution in [0.25, 0.3) is 10.4 Å². The molecule has 2 N–H and O–H groups in total. The molecule has 2 amide bonds. The Kier molecular flexibility index (Phi) is 4.54. The highest BCUT2D eigenvalue weighted by molar-refractivity contribution is 7.17. The fraction of sp³-hybridized carbons (Fsp3) is 0.182. The second-order valence-electron chi connectivity index (χ2n) is 6.79. The van der Waals surface area contributed by atoms with Gasteiger partial charge in [0.2, 0.25) is 5.91 Å². The largest absolute Gasteiger partial charge is 0.326 e. The van der Waals surface area contributed by atoms with Gasteiger partial charge < -0.3 is 10.6 Å². The Bertz CT molecular complexity index is 1050. The molecule has 1 heterocycles. The molecule has 3 aromatic rings. The van der Waals surface area contributed by atoms with Gasteiger partial charge in [-0.3, -0.25) is 9.59 Å². The fourth-order valence-corrected chi connectivity index (χ4v) is 4.57. The van der Waals surface area contributed by atoms with Gasteiger partial charge in [0.05, 0.1) is 4.88 Å². The van der Waals surface area contributed by atoms with Gasteiger partial charge in [-0.25, -0.2) is 0 Å². The van der Waals surface area contributed by atoms with E-state index in [-0.39, 0.29) is 11.8 Å². The number of carbonyl (C=O) groups excluding carboxylic acids is 2. The molecule has 4 nitrogen and oxygen atoms in total. The summed E-state index contributed by atoms with van der Waals surface area (Å²) in [5.74, 6) is -0.254. The molecule has 0 aliphatic heterocycles. The third kappa shape index (κ3) is 3.51. The molecule has 0 radical (unpaired) electrons. The Morgan fingerprint density at radius 3 is 2.56 bits per heavy atom. The van der Waals surface area contributed by atoms with E-state index in [1.54, 1.807) is 17.4 Å². The summed E-state index contributed by atoms with van der Waals surface area (Å²) in [4.78, 5) is 26.0. The highest BCUT2D eigenvalue weighted by atomic mass is 32.1. The van der Waals surface area contributed by atoms with Crippen LogP contribution in [0.4, 0.5) is 11.4 Å². The Balaban J connectivity index is 1.61. The van der Waals surface area contributed by atoms with Gasteiger partial charge in [-0.2, -0.15) is 0 Å². The lowest BCUT2D eigenvalue weighted by Crippen LogP contribution is -2.12. The normalized spacial score (nSPS) is 12.1. The second-order valence-corrected chi connectivity index (χ2v) is 7.84. The first kappa shape index (κ1) is 17.5. The van der Waals surface area contributed by atoms with E-state index in [0.29, 0.717) is 16.3 Å². The Morgan fingerprint density at radius 2 is 1.74 bits per heavy atom. The van der Waals surface area contributed by atoms with Crippen LogP contribution < -0.4 is 10.6 Å². The van der Waals surface area contributed by atoms with E-state index in [0.717, 1.165) is 18.4 Å². The smallest absolute Gasteiger partial charge is 0.265 e. The maximum Gasteiger partial charge on any atom is 0.265 e. The first-order valence-corrected chi connectivity index (χ1v) is 9.73. The predicted molar refractivity (Wildman–Crippen MR) is 111 cm³/mol. The molecule has 0 spiro atoms. The van der Waals surface area contributed by atoms with E-state index in [9.17, 15) is 9.59 Å². The van der Waals surface area contributed by atoms with Gasteiger partial charge in [0.25, 0.3) is 5.91 Å². The molecule has 1 aliphatic rings. The number of carbonyl (C=O) groups is 2. The van der Waals surface area contributed by atoms with Crippen LogP contribution in [-0.2, 0) is 17.6 Å². The van der Waals surface area contributed by atoms with Crippen molar-refractivity contribution in [1.29, 1.82) is 0 Å². The van der Waals surface area contributed by atoms with E-state index in [1.807, 2.05) is 31.2 Å². The molecule has 2 aromatic carbocycles.